The maximum Gasteiger partial charge on any atom is 0.234 e. The van der Waals surface area contributed by atoms with Crippen molar-refractivity contribution in [2.24, 2.45) is 4.99 Å². The smallest absolute Gasteiger partial charge is 0.234 e. The Hall–Kier alpha value is -2.41. The summed E-state index contributed by atoms with van der Waals surface area (Å²) in [5, 5.41) is 6.92. The lowest BCUT2D eigenvalue weighted by atomic mass is 9.88. The fraction of sp³-hybridized carbons (Fsp3) is 0.333. The third kappa shape index (κ3) is 4.04. The molecule has 1 spiro atoms. The Morgan fingerprint density at radius 3 is 2.71 bits per heavy atom. The van der Waals surface area contributed by atoms with Crippen LogP contribution in [-0.2, 0) is 4.79 Å². The zero-order valence-electron chi connectivity index (χ0n) is 15.3. The molecule has 1 heterocycles. The molecular formula is C21H21F2N3OS. The van der Waals surface area contributed by atoms with Gasteiger partial charge in [0.1, 0.15) is 22.3 Å². The molecule has 0 unspecified atom stereocenters. The van der Waals surface area contributed by atoms with Gasteiger partial charge < -0.3 is 10.6 Å². The molecule has 2 N–H and O–H groups in total. The minimum atomic E-state index is -0.788. The van der Waals surface area contributed by atoms with Crippen LogP contribution in [0.2, 0.25) is 0 Å². The first-order chi connectivity index (χ1) is 13.5. The van der Waals surface area contributed by atoms with Crippen LogP contribution in [0.4, 0.5) is 20.2 Å². The summed E-state index contributed by atoms with van der Waals surface area (Å²) in [6.45, 7) is 0. The molecule has 0 aromatic heterocycles. The number of thioether (sulfide) groups is 1. The summed E-state index contributed by atoms with van der Waals surface area (Å²) in [7, 11) is 0. The number of hydrogen-bond donors (Lipinski definition) is 2. The van der Waals surface area contributed by atoms with Crippen molar-refractivity contribution in [3.05, 3.63) is 59.7 Å². The molecule has 0 saturated heterocycles. The molecule has 7 heteroatoms. The highest BCUT2D eigenvalue weighted by atomic mass is 32.2. The second-order valence-corrected chi connectivity index (χ2v) is 8.10. The molecule has 146 valence electrons. The number of fused-ring (bicyclic) bond motifs is 1. The average Bonchev–Trinajstić information content (AvgIpc) is 2.69. The molecule has 28 heavy (non-hydrogen) atoms. The van der Waals surface area contributed by atoms with Gasteiger partial charge in [-0.05, 0) is 43.9 Å². The first kappa shape index (κ1) is 18.9. The quantitative estimate of drug-likeness (QED) is 0.746. The van der Waals surface area contributed by atoms with E-state index in [1.807, 2.05) is 24.3 Å². The molecular weight excluding hydrogens is 380 g/mol. The van der Waals surface area contributed by atoms with Crippen molar-refractivity contribution >= 4 is 34.1 Å². The van der Waals surface area contributed by atoms with Crippen LogP contribution in [0.15, 0.2) is 47.5 Å². The number of anilines is 2. The summed E-state index contributed by atoms with van der Waals surface area (Å²) in [6.07, 6.45) is 5.41. The monoisotopic (exact) mass is 401 g/mol. The van der Waals surface area contributed by atoms with E-state index in [4.69, 9.17) is 4.99 Å². The maximum absolute atomic E-state index is 13.7. The average molecular weight is 401 g/mol. The lowest BCUT2D eigenvalue weighted by Crippen LogP contribution is -2.42. The van der Waals surface area contributed by atoms with Gasteiger partial charge in [-0.15, -0.1) is 0 Å². The first-order valence-electron chi connectivity index (χ1n) is 9.40. The van der Waals surface area contributed by atoms with Gasteiger partial charge in [-0.25, -0.2) is 13.8 Å². The van der Waals surface area contributed by atoms with Gasteiger partial charge in [0, 0.05) is 17.3 Å². The van der Waals surface area contributed by atoms with Crippen LogP contribution < -0.4 is 10.6 Å². The van der Waals surface area contributed by atoms with Crippen LogP contribution >= 0.6 is 11.8 Å². The highest BCUT2D eigenvalue weighted by Gasteiger charge is 2.36. The lowest BCUT2D eigenvalue weighted by Gasteiger charge is -2.39. The third-order valence-electron chi connectivity index (χ3n) is 5.07. The van der Waals surface area contributed by atoms with Crippen molar-refractivity contribution < 1.29 is 13.6 Å². The summed E-state index contributed by atoms with van der Waals surface area (Å²) in [6, 6.07) is 11.1. The van der Waals surface area contributed by atoms with Gasteiger partial charge in [-0.2, -0.15) is 0 Å². The molecule has 2 aromatic rings. The number of nitrogens with zero attached hydrogens (tertiary/aromatic N) is 1. The predicted molar refractivity (Wildman–Crippen MR) is 110 cm³/mol. The Morgan fingerprint density at radius 1 is 1.14 bits per heavy atom. The molecule has 0 radical (unpaired) electrons. The van der Waals surface area contributed by atoms with Crippen molar-refractivity contribution in [2.75, 3.05) is 16.4 Å². The van der Waals surface area contributed by atoms with E-state index in [0.29, 0.717) is 0 Å². The molecule has 2 aromatic carbocycles. The van der Waals surface area contributed by atoms with Crippen molar-refractivity contribution in [1.82, 2.24) is 0 Å². The second-order valence-electron chi connectivity index (χ2n) is 7.14. The molecule has 4 nitrogen and oxygen atoms in total. The summed E-state index contributed by atoms with van der Waals surface area (Å²) < 4.78 is 26.8. The van der Waals surface area contributed by atoms with Gasteiger partial charge in [0.15, 0.2) is 0 Å². The topological polar surface area (TPSA) is 53.5 Å². The van der Waals surface area contributed by atoms with E-state index in [0.717, 1.165) is 54.1 Å². The van der Waals surface area contributed by atoms with E-state index in [1.54, 1.807) is 0 Å². The zero-order valence-corrected chi connectivity index (χ0v) is 16.1. The molecule has 0 bridgehead atoms. The van der Waals surface area contributed by atoms with E-state index < -0.39 is 11.6 Å². The molecule has 4 rings (SSSR count). The third-order valence-corrected chi connectivity index (χ3v) is 6.06. The molecule has 2 aliphatic rings. The summed E-state index contributed by atoms with van der Waals surface area (Å²) in [5.41, 5.74) is 1.69. The lowest BCUT2D eigenvalue weighted by molar-refractivity contribution is -0.113. The second kappa shape index (κ2) is 7.91. The highest BCUT2D eigenvalue weighted by molar-refractivity contribution is 8.15. The number of nitrogens with one attached hydrogen (secondary N) is 2. The van der Waals surface area contributed by atoms with E-state index >= 15 is 0 Å². The van der Waals surface area contributed by atoms with Gasteiger partial charge in [0.05, 0.1) is 11.4 Å². The molecule has 1 amide bonds. The van der Waals surface area contributed by atoms with Crippen LogP contribution in [0, 0.1) is 11.6 Å². The van der Waals surface area contributed by atoms with Crippen LogP contribution in [0.1, 0.15) is 37.7 Å². The number of carbonyl (C=O) groups excluding carboxylic acids is 1. The number of para-hydroxylation sites is 1. The number of amides is 1. The van der Waals surface area contributed by atoms with E-state index in [2.05, 4.69) is 10.6 Å². The number of benzene rings is 2. The predicted octanol–water partition coefficient (Wildman–Crippen LogP) is 5.17. The maximum atomic E-state index is 13.7. The minimum absolute atomic E-state index is 0.0246. The van der Waals surface area contributed by atoms with E-state index in [9.17, 15) is 13.6 Å². The van der Waals surface area contributed by atoms with Crippen LogP contribution in [-0.4, -0.2) is 22.4 Å². The van der Waals surface area contributed by atoms with E-state index in [-0.39, 0.29) is 23.0 Å². The summed E-state index contributed by atoms with van der Waals surface area (Å²) in [5.74, 6) is -1.72. The number of halogens is 2. The van der Waals surface area contributed by atoms with Gasteiger partial charge in [0.2, 0.25) is 5.91 Å². The molecule has 1 aliphatic carbocycles. The zero-order chi connectivity index (χ0) is 19.6. The van der Waals surface area contributed by atoms with Gasteiger partial charge in [-0.3, -0.25) is 4.79 Å². The van der Waals surface area contributed by atoms with Crippen LogP contribution in [0.3, 0.4) is 0 Å². The van der Waals surface area contributed by atoms with E-state index in [1.165, 1.54) is 24.2 Å². The Kier molecular flexibility index (Phi) is 5.35. The van der Waals surface area contributed by atoms with Crippen molar-refractivity contribution in [2.45, 2.75) is 37.8 Å². The first-order valence-corrected chi connectivity index (χ1v) is 10.4. The molecule has 1 saturated carbocycles. The Bertz CT molecular complexity index is 926. The fourth-order valence-corrected chi connectivity index (χ4v) is 4.62. The standard InChI is InChI=1S/C21H21F2N3OS/c22-14-8-9-18(16(23)12-14)24-19(27)13-28-20-15-6-2-3-7-17(15)25-21(26-20)10-4-1-5-11-21/h2-3,6-9,12,25H,1,4-5,10-11,13H2,(H,24,27). The van der Waals surface area contributed by atoms with Crippen LogP contribution in [0.5, 0.6) is 0 Å². The molecule has 0 atom stereocenters. The molecule has 1 fully saturated rings. The molecule has 1 aliphatic heterocycles. The Labute approximate surface area is 166 Å². The Balaban J connectivity index is 1.49. The largest absolute Gasteiger partial charge is 0.361 e. The van der Waals surface area contributed by atoms with Crippen molar-refractivity contribution in [1.29, 1.82) is 0 Å². The normalized spacial score (nSPS) is 17.4. The van der Waals surface area contributed by atoms with Gasteiger partial charge in [0.25, 0.3) is 0 Å². The van der Waals surface area contributed by atoms with Gasteiger partial charge >= 0.3 is 0 Å². The fourth-order valence-electron chi connectivity index (χ4n) is 3.71. The number of aliphatic imine (C=N–C) groups is 1. The van der Waals surface area contributed by atoms with Gasteiger partial charge in [-0.1, -0.05) is 36.4 Å². The number of rotatable bonds is 3. The SMILES string of the molecule is O=C(CSC1=NC2(CCCCC2)Nc2ccccc21)Nc1ccc(F)cc1F. The highest BCUT2D eigenvalue weighted by Crippen LogP contribution is 2.39. The Morgan fingerprint density at radius 2 is 1.93 bits per heavy atom. The van der Waals surface area contributed by atoms with Crippen molar-refractivity contribution in [3.8, 4) is 0 Å². The number of hydrogen-bond acceptors (Lipinski definition) is 4. The van der Waals surface area contributed by atoms with Crippen molar-refractivity contribution in [3.63, 3.8) is 0 Å². The summed E-state index contributed by atoms with van der Waals surface area (Å²) in [4.78, 5) is 17.3. The minimum Gasteiger partial charge on any atom is -0.361 e. The van der Waals surface area contributed by atoms with Crippen LogP contribution in [0.25, 0.3) is 0 Å². The number of carbonyl (C=O) groups is 1. The summed E-state index contributed by atoms with van der Waals surface area (Å²) >= 11 is 1.35.